The van der Waals surface area contributed by atoms with Crippen molar-refractivity contribution in [2.24, 2.45) is 0 Å². The summed E-state index contributed by atoms with van der Waals surface area (Å²) in [6, 6.07) is 51.5. The quantitative estimate of drug-likeness (QED) is 0.195. The lowest BCUT2D eigenvalue weighted by Crippen LogP contribution is -1.96. The van der Waals surface area contributed by atoms with E-state index >= 15 is 0 Å². The Morgan fingerprint density at radius 1 is 0.326 bits per heavy atom. The van der Waals surface area contributed by atoms with Gasteiger partial charge < -0.3 is 13.4 Å². The van der Waals surface area contributed by atoms with Gasteiger partial charge in [0.05, 0.1) is 44.1 Å². The highest BCUT2D eigenvalue weighted by Gasteiger charge is 2.22. The fourth-order valence-electron chi connectivity index (χ4n) is 8.03. The van der Waals surface area contributed by atoms with Gasteiger partial charge in [0, 0.05) is 43.4 Å². The summed E-state index contributed by atoms with van der Waals surface area (Å²) >= 11 is 0. The first-order valence-corrected chi connectivity index (χ1v) is 14.9. The van der Waals surface area contributed by atoms with Crippen LogP contribution < -0.4 is 0 Å². The van der Waals surface area contributed by atoms with Crippen molar-refractivity contribution < 1.29 is 0 Å². The zero-order valence-electron chi connectivity index (χ0n) is 23.1. The lowest BCUT2D eigenvalue weighted by molar-refractivity contribution is 1.18. The first-order chi connectivity index (χ1) is 21.4. The monoisotopic (exact) mass is 545 g/mol. The molecule has 0 atom stereocenters. The Balaban J connectivity index is 1.46. The molecular weight excluding hydrogens is 522 g/mol. The Morgan fingerprint density at radius 2 is 0.791 bits per heavy atom. The summed E-state index contributed by atoms with van der Waals surface area (Å²) in [5.41, 5.74) is 11.0. The number of hydrogen-bond donors (Lipinski definition) is 0. The van der Waals surface area contributed by atoms with Crippen LogP contribution in [-0.4, -0.2) is 13.4 Å². The minimum atomic E-state index is 1.16. The maximum Gasteiger partial charge on any atom is 0.0724 e. The van der Waals surface area contributed by atoms with Gasteiger partial charge in [0.15, 0.2) is 0 Å². The molecule has 0 saturated carbocycles. The van der Waals surface area contributed by atoms with Crippen molar-refractivity contribution in [2.45, 2.75) is 0 Å². The first-order valence-electron chi connectivity index (χ1n) is 14.9. The van der Waals surface area contributed by atoms with Gasteiger partial charge in [-0.15, -0.1) is 0 Å². The summed E-state index contributed by atoms with van der Waals surface area (Å²) in [5, 5.41) is 10.3. The number of rotatable bonds is 1. The fraction of sp³-hybridized carbons (Fsp3) is 0. The molecule has 4 aromatic heterocycles. The number of fused-ring (bicyclic) bond motifs is 12. The van der Waals surface area contributed by atoms with E-state index in [4.69, 9.17) is 0 Å². The Labute approximate surface area is 245 Å². The zero-order chi connectivity index (χ0) is 27.8. The Hall–Kier alpha value is -5.80. The highest BCUT2D eigenvalue weighted by atomic mass is 15.0. The fourth-order valence-corrected chi connectivity index (χ4v) is 8.03. The van der Waals surface area contributed by atoms with Crippen LogP contribution in [0.15, 0.2) is 140 Å². The van der Waals surface area contributed by atoms with Crippen LogP contribution in [0.4, 0.5) is 0 Å². The zero-order valence-corrected chi connectivity index (χ0v) is 23.1. The van der Waals surface area contributed by atoms with Crippen LogP contribution in [0.2, 0.25) is 0 Å². The van der Waals surface area contributed by atoms with E-state index in [0.29, 0.717) is 0 Å². The largest absolute Gasteiger partial charge is 0.309 e. The molecule has 0 bridgehead atoms. The summed E-state index contributed by atoms with van der Waals surface area (Å²) < 4.78 is 7.47. The van der Waals surface area contributed by atoms with Gasteiger partial charge in [-0.1, -0.05) is 97.1 Å². The van der Waals surface area contributed by atoms with Crippen molar-refractivity contribution in [2.75, 3.05) is 0 Å². The van der Waals surface area contributed by atoms with Crippen LogP contribution in [0.1, 0.15) is 0 Å². The maximum atomic E-state index is 2.53. The molecule has 0 fully saturated rings. The molecule has 3 nitrogen and oxygen atoms in total. The van der Waals surface area contributed by atoms with Crippen molar-refractivity contribution in [1.29, 1.82) is 0 Å². The molecule has 11 rings (SSSR count). The topological polar surface area (TPSA) is 13.8 Å². The third kappa shape index (κ3) is 2.54. The van der Waals surface area contributed by atoms with Crippen molar-refractivity contribution in [1.82, 2.24) is 13.4 Å². The lowest BCUT2D eigenvalue weighted by atomic mass is 10.0. The van der Waals surface area contributed by atoms with E-state index in [1.165, 1.54) is 87.2 Å². The predicted octanol–water partition coefficient (Wildman–Crippen LogP) is 10.5. The summed E-state index contributed by atoms with van der Waals surface area (Å²) in [5.74, 6) is 0. The molecule has 0 aliphatic rings. The molecule has 0 aliphatic heterocycles. The molecule has 7 aromatic carbocycles. The van der Waals surface area contributed by atoms with Crippen molar-refractivity contribution in [3.05, 3.63) is 140 Å². The summed E-state index contributed by atoms with van der Waals surface area (Å²) in [6.45, 7) is 0. The molecule has 0 spiro atoms. The van der Waals surface area contributed by atoms with Gasteiger partial charge >= 0.3 is 0 Å². The van der Waals surface area contributed by atoms with Crippen LogP contribution in [0.5, 0.6) is 0 Å². The highest BCUT2D eigenvalue weighted by Crippen LogP contribution is 2.43. The minimum Gasteiger partial charge on any atom is -0.309 e. The second-order valence-electron chi connectivity index (χ2n) is 11.8. The smallest absolute Gasteiger partial charge is 0.0724 e. The first kappa shape index (κ1) is 21.9. The highest BCUT2D eigenvalue weighted by molar-refractivity contribution is 6.29. The SMILES string of the molecule is c1ccc2c(c1)c1ccccc1n2-c1ccc2c(c1)n1c3ccccc3c3ccc4ccc5c6ccccc6n2c5c4c31. The van der Waals surface area contributed by atoms with Crippen LogP contribution in [0, 0.1) is 0 Å². The third-order valence-electron chi connectivity index (χ3n) is 9.73. The van der Waals surface area contributed by atoms with E-state index in [0.717, 1.165) is 5.69 Å². The van der Waals surface area contributed by atoms with E-state index in [-0.39, 0.29) is 0 Å². The second-order valence-corrected chi connectivity index (χ2v) is 11.8. The molecular formula is C40H23N3. The van der Waals surface area contributed by atoms with Gasteiger partial charge in [-0.25, -0.2) is 0 Å². The van der Waals surface area contributed by atoms with Crippen molar-refractivity contribution in [3.8, 4) is 5.69 Å². The average molecular weight is 546 g/mol. The van der Waals surface area contributed by atoms with E-state index in [2.05, 4.69) is 153 Å². The molecule has 0 N–H and O–H groups in total. The van der Waals surface area contributed by atoms with Crippen molar-refractivity contribution in [3.63, 3.8) is 0 Å². The predicted molar refractivity (Wildman–Crippen MR) is 181 cm³/mol. The lowest BCUT2D eigenvalue weighted by Gasteiger charge is -2.10. The molecule has 3 heteroatoms. The molecule has 0 aliphatic carbocycles. The van der Waals surface area contributed by atoms with Crippen LogP contribution in [0.25, 0.3) is 92.9 Å². The number of para-hydroxylation sites is 4. The van der Waals surface area contributed by atoms with E-state index in [1.807, 2.05) is 0 Å². The molecule has 4 heterocycles. The van der Waals surface area contributed by atoms with Gasteiger partial charge in [0.2, 0.25) is 0 Å². The Kier molecular flexibility index (Phi) is 3.83. The molecule has 11 aromatic rings. The van der Waals surface area contributed by atoms with E-state index < -0.39 is 0 Å². The second kappa shape index (κ2) is 7.53. The minimum absolute atomic E-state index is 1.16. The van der Waals surface area contributed by atoms with E-state index in [1.54, 1.807) is 0 Å². The van der Waals surface area contributed by atoms with Gasteiger partial charge in [-0.05, 0) is 47.9 Å². The summed E-state index contributed by atoms with van der Waals surface area (Å²) in [4.78, 5) is 0. The number of nitrogens with zero attached hydrogens (tertiary/aromatic N) is 3. The molecule has 0 radical (unpaired) electrons. The Morgan fingerprint density at radius 3 is 1.35 bits per heavy atom. The molecule has 0 amide bonds. The van der Waals surface area contributed by atoms with Crippen molar-refractivity contribution >= 4 is 87.2 Å². The van der Waals surface area contributed by atoms with Gasteiger partial charge in [0.25, 0.3) is 0 Å². The van der Waals surface area contributed by atoms with Gasteiger partial charge in [0.1, 0.15) is 0 Å². The van der Waals surface area contributed by atoms with Crippen LogP contribution in [0.3, 0.4) is 0 Å². The van der Waals surface area contributed by atoms with Crippen LogP contribution >= 0.6 is 0 Å². The number of hydrogen-bond acceptors (Lipinski definition) is 0. The average Bonchev–Trinajstić information content (AvgIpc) is 3.67. The Bertz CT molecular complexity index is 2890. The standard InChI is InChI=1S/C40H23N3/c1-5-13-32-26(9-1)27-10-2-6-14-33(27)41(32)25-19-22-36-37(23-25)43-35-16-8-4-12-29(35)31-21-18-24-17-20-30-28-11-3-7-15-34(28)42(36)39(30)38(24)40(31)43/h1-23H. The number of aromatic nitrogens is 3. The molecule has 198 valence electrons. The maximum absolute atomic E-state index is 2.53. The van der Waals surface area contributed by atoms with Crippen LogP contribution in [-0.2, 0) is 0 Å². The molecule has 0 saturated heterocycles. The normalized spacial score (nSPS) is 12.7. The van der Waals surface area contributed by atoms with E-state index in [9.17, 15) is 0 Å². The summed E-state index contributed by atoms with van der Waals surface area (Å²) in [6.07, 6.45) is 0. The molecule has 0 unspecified atom stereocenters. The molecule has 43 heavy (non-hydrogen) atoms. The van der Waals surface area contributed by atoms with Gasteiger partial charge in [-0.2, -0.15) is 0 Å². The van der Waals surface area contributed by atoms with Gasteiger partial charge in [-0.3, -0.25) is 0 Å². The summed E-state index contributed by atoms with van der Waals surface area (Å²) in [7, 11) is 0. The third-order valence-corrected chi connectivity index (χ3v) is 9.73. The number of benzene rings is 7.